The summed E-state index contributed by atoms with van der Waals surface area (Å²) in [4.78, 5) is 0. The normalized spacial score (nSPS) is 14.4. The minimum absolute atomic E-state index is 0.198. The number of furan rings is 1. The molecule has 0 bridgehead atoms. The third kappa shape index (κ3) is 2.78. The molecule has 3 N–H and O–H groups in total. The minimum atomic E-state index is -0.718. The zero-order valence-electron chi connectivity index (χ0n) is 9.51. The summed E-state index contributed by atoms with van der Waals surface area (Å²) >= 11 is 9.11. The van der Waals surface area contributed by atoms with E-state index in [-0.39, 0.29) is 5.92 Å². The van der Waals surface area contributed by atoms with Crippen LogP contribution in [0.1, 0.15) is 23.1 Å². The van der Waals surface area contributed by atoms with Crippen molar-refractivity contribution in [3.05, 3.63) is 57.4 Å². The van der Waals surface area contributed by atoms with Gasteiger partial charge in [0.1, 0.15) is 0 Å². The number of benzene rings is 1. The Labute approximate surface area is 119 Å². The van der Waals surface area contributed by atoms with Gasteiger partial charge in [-0.2, -0.15) is 0 Å². The molecule has 0 amide bonds. The summed E-state index contributed by atoms with van der Waals surface area (Å²) in [7, 11) is 0. The van der Waals surface area contributed by atoms with Gasteiger partial charge in [-0.3, -0.25) is 0 Å². The predicted octanol–water partition coefficient (Wildman–Crippen LogP) is 3.47. The molecule has 2 atom stereocenters. The highest BCUT2D eigenvalue weighted by molar-refractivity contribution is 9.10. The van der Waals surface area contributed by atoms with Crippen LogP contribution in [0.3, 0.4) is 0 Å². The Morgan fingerprint density at radius 1 is 1.28 bits per heavy atom. The molecule has 0 saturated carbocycles. The van der Waals surface area contributed by atoms with Gasteiger partial charge in [0.05, 0.1) is 12.4 Å². The maximum Gasteiger partial charge on any atom is 0.174 e. The van der Waals surface area contributed by atoms with Crippen LogP contribution in [0, 0.1) is 0 Å². The van der Waals surface area contributed by atoms with Crippen LogP contribution in [0.5, 0.6) is 0 Å². The van der Waals surface area contributed by atoms with E-state index in [2.05, 4.69) is 15.9 Å². The maximum atomic E-state index is 10.4. The molecule has 18 heavy (non-hydrogen) atoms. The molecule has 1 heterocycles. The number of aliphatic hydroxyl groups is 1. The van der Waals surface area contributed by atoms with Crippen molar-refractivity contribution in [1.29, 1.82) is 0 Å². The largest absolute Gasteiger partial charge is 0.457 e. The van der Waals surface area contributed by atoms with Crippen molar-refractivity contribution in [1.82, 2.24) is 0 Å². The Morgan fingerprint density at radius 2 is 1.94 bits per heavy atom. The van der Waals surface area contributed by atoms with E-state index < -0.39 is 6.10 Å². The van der Waals surface area contributed by atoms with Crippen LogP contribution in [-0.2, 0) is 0 Å². The fourth-order valence-electron chi connectivity index (χ4n) is 1.89. The van der Waals surface area contributed by atoms with Gasteiger partial charge in [-0.25, -0.2) is 0 Å². The Bertz CT molecular complexity index is 512. The van der Waals surface area contributed by atoms with E-state index in [4.69, 9.17) is 21.8 Å². The third-order valence-corrected chi connectivity index (χ3v) is 3.79. The van der Waals surface area contributed by atoms with E-state index >= 15 is 0 Å². The standard InChI is InChI=1S/C13H13BrClNO2/c14-13-10(5-6-18-13)12(17)11(7-16)8-1-3-9(15)4-2-8/h1-6,11-12,17H,7,16H2. The van der Waals surface area contributed by atoms with E-state index in [1.165, 1.54) is 6.26 Å². The van der Waals surface area contributed by atoms with Crippen LogP contribution in [0.2, 0.25) is 5.02 Å². The van der Waals surface area contributed by atoms with Crippen LogP contribution in [0.15, 0.2) is 45.7 Å². The number of rotatable bonds is 4. The molecule has 3 nitrogen and oxygen atoms in total. The molecule has 1 aromatic carbocycles. The molecule has 0 aliphatic carbocycles. The van der Waals surface area contributed by atoms with Crippen molar-refractivity contribution in [2.24, 2.45) is 5.73 Å². The second kappa shape index (κ2) is 5.89. The van der Waals surface area contributed by atoms with Crippen LogP contribution in [0.4, 0.5) is 0 Å². The van der Waals surface area contributed by atoms with Gasteiger partial charge >= 0.3 is 0 Å². The summed E-state index contributed by atoms with van der Waals surface area (Å²) in [5.74, 6) is -0.198. The SMILES string of the molecule is NCC(c1ccc(Cl)cc1)C(O)c1ccoc1Br. The molecular formula is C13H13BrClNO2. The molecule has 96 valence electrons. The molecule has 1 aromatic heterocycles. The summed E-state index contributed by atoms with van der Waals surface area (Å²) in [5.41, 5.74) is 7.40. The molecule has 0 spiro atoms. The number of nitrogens with two attached hydrogens (primary N) is 1. The van der Waals surface area contributed by atoms with Crippen molar-refractivity contribution in [2.75, 3.05) is 6.54 Å². The molecule has 0 saturated heterocycles. The van der Waals surface area contributed by atoms with Gasteiger partial charge < -0.3 is 15.3 Å². The predicted molar refractivity (Wildman–Crippen MR) is 74.6 cm³/mol. The number of hydrogen-bond donors (Lipinski definition) is 2. The summed E-state index contributed by atoms with van der Waals surface area (Å²) in [6, 6.07) is 9.05. The molecule has 2 aromatic rings. The van der Waals surface area contributed by atoms with E-state index in [0.29, 0.717) is 21.8 Å². The summed E-state index contributed by atoms with van der Waals surface area (Å²) in [6.07, 6.45) is 0.808. The van der Waals surface area contributed by atoms with Gasteiger partial charge in [-0.15, -0.1) is 0 Å². The number of halogens is 2. The first-order valence-electron chi connectivity index (χ1n) is 5.50. The maximum absolute atomic E-state index is 10.4. The quantitative estimate of drug-likeness (QED) is 0.902. The van der Waals surface area contributed by atoms with Gasteiger partial charge in [0, 0.05) is 23.0 Å². The monoisotopic (exact) mass is 329 g/mol. The second-order valence-corrected chi connectivity index (χ2v) is 5.14. The van der Waals surface area contributed by atoms with E-state index in [1.54, 1.807) is 18.2 Å². The van der Waals surface area contributed by atoms with E-state index in [0.717, 1.165) is 5.56 Å². The lowest BCUT2D eigenvalue weighted by atomic mass is 9.90. The van der Waals surface area contributed by atoms with E-state index in [1.807, 2.05) is 12.1 Å². The Hall–Kier alpha value is -0.810. The lowest BCUT2D eigenvalue weighted by Crippen LogP contribution is -2.20. The van der Waals surface area contributed by atoms with Crippen molar-refractivity contribution in [3.63, 3.8) is 0 Å². The average molecular weight is 331 g/mol. The first-order chi connectivity index (χ1) is 8.63. The molecule has 0 aliphatic rings. The summed E-state index contributed by atoms with van der Waals surface area (Å²) in [6.45, 7) is 0.334. The van der Waals surface area contributed by atoms with Crippen molar-refractivity contribution in [3.8, 4) is 0 Å². The van der Waals surface area contributed by atoms with Crippen LogP contribution >= 0.6 is 27.5 Å². The molecule has 2 rings (SSSR count). The number of hydrogen-bond acceptors (Lipinski definition) is 3. The van der Waals surface area contributed by atoms with Crippen molar-refractivity contribution >= 4 is 27.5 Å². The first-order valence-corrected chi connectivity index (χ1v) is 6.67. The molecule has 5 heteroatoms. The zero-order chi connectivity index (χ0) is 13.1. The highest BCUT2D eigenvalue weighted by Gasteiger charge is 2.24. The van der Waals surface area contributed by atoms with Gasteiger partial charge in [0.25, 0.3) is 0 Å². The van der Waals surface area contributed by atoms with Gasteiger partial charge in [0.15, 0.2) is 4.67 Å². The topological polar surface area (TPSA) is 59.4 Å². The van der Waals surface area contributed by atoms with Crippen LogP contribution in [0.25, 0.3) is 0 Å². The molecular weight excluding hydrogens is 318 g/mol. The van der Waals surface area contributed by atoms with Crippen molar-refractivity contribution in [2.45, 2.75) is 12.0 Å². The lowest BCUT2D eigenvalue weighted by Gasteiger charge is -2.21. The highest BCUT2D eigenvalue weighted by atomic mass is 79.9. The number of aliphatic hydroxyl groups excluding tert-OH is 1. The lowest BCUT2D eigenvalue weighted by molar-refractivity contribution is 0.145. The highest BCUT2D eigenvalue weighted by Crippen LogP contribution is 2.34. The van der Waals surface area contributed by atoms with Gasteiger partial charge in [0.2, 0.25) is 0 Å². The minimum Gasteiger partial charge on any atom is -0.457 e. The molecule has 0 fully saturated rings. The smallest absolute Gasteiger partial charge is 0.174 e. The third-order valence-electron chi connectivity index (χ3n) is 2.90. The summed E-state index contributed by atoms with van der Waals surface area (Å²) < 4.78 is 5.66. The Balaban J connectivity index is 2.28. The fourth-order valence-corrected chi connectivity index (χ4v) is 2.49. The summed E-state index contributed by atoms with van der Waals surface area (Å²) in [5, 5.41) is 11.0. The molecule has 0 radical (unpaired) electrons. The Kier molecular flexibility index (Phi) is 4.45. The van der Waals surface area contributed by atoms with Gasteiger partial charge in [-0.1, -0.05) is 23.7 Å². The van der Waals surface area contributed by atoms with E-state index in [9.17, 15) is 5.11 Å². The van der Waals surface area contributed by atoms with Crippen LogP contribution in [-0.4, -0.2) is 11.7 Å². The first kappa shape index (κ1) is 13.6. The average Bonchev–Trinajstić information content (AvgIpc) is 2.78. The van der Waals surface area contributed by atoms with Gasteiger partial charge in [-0.05, 0) is 39.7 Å². The Morgan fingerprint density at radius 3 is 2.44 bits per heavy atom. The molecule has 0 aliphatic heterocycles. The molecule has 2 unspecified atom stereocenters. The zero-order valence-corrected chi connectivity index (χ0v) is 11.9. The van der Waals surface area contributed by atoms with Crippen LogP contribution < -0.4 is 5.73 Å². The van der Waals surface area contributed by atoms with Crippen molar-refractivity contribution < 1.29 is 9.52 Å². The second-order valence-electron chi connectivity index (χ2n) is 3.99. The fraction of sp³-hybridized carbons (Fsp3) is 0.231.